The number of hydrogen-bond donors (Lipinski definition) is 1. The van der Waals surface area contributed by atoms with Crippen LogP contribution in [0.2, 0.25) is 0 Å². The van der Waals surface area contributed by atoms with Gasteiger partial charge in [-0.3, -0.25) is 9.69 Å². The number of imide groups is 1. The van der Waals surface area contributed by atoms with Gasteiger partial charge in [0.25, 0.3) is 5.91 Å². The molecule has 0 radical (unpaired) electrons. The first-order valence-corrected chi connectivity index (χ1v) is 8.76. The molecule has 31 heavy (non-hydrogen) atoms. The predicted octanol–water partition coefficient (Wildman–Crippen LogP) is 3.24. The van der Waals surface area contributed by atoms with Gasteiger partial charge in [-0.1, -0.05) is 6.07 Å². The van der Waals surface area contributed by atoms with E-state index in [1.807, 2.05) is 0 Å². The molecule has 1 saturated heterocycles. The molecule has 1 aliphatic heterocycles. The van der Waals surface area contributed by atoms with Crippen LogP contribution < -0.4 is 20.3 Å². The van der Waals surface area contributed by atoms with Crippen LogP contribution in [0.3, 0.4) is 0 Å². The molecule has 0 atom stereocenters. The van der Waals surface area contributed by atoms with Gasteiger partial charge in [-0.2, -0.15) is 18.2 Å². The van der Waals surface area contributed by atoms with Crippen molar-refractivity contribution in [2.24, 2.45) is 0 Å². The number of benzene rings is 1. The fourth-order valence-corrected chi connectivity index (χ4v) is 2.88. The number of carbonyl (C=O) groups is 2. The molecule has 0 bridgehead atoms. The molecule has 1 fully saturated rings. The number of carbonyl (C=O) groups excluding carboxylic acids is 2. The first-order chi connectivity index (χ1) is 14.7. The number of pyridine rings is 1. The van der Waals surface area contributed by atoms with Crippen molar-refractivity contribution in [3.63, 3.8) is 0 Å². The zero-order chi connectivity index (χ0) is 22.2. The maximum absolute atomic E-state index is 13.0. The van der Waals surface area contributed by atoms with E-state index in [-0.39, 0.29) is 29.1 Å². The van der Waals surface area contributed by atoms with Crippen molar-refractivity contribution in [2.75, 3.05) is 22.1 Å². The van der Waals surface area contributed by atoms with E-state index in [1.165, 1.54) is 42.7 Å². The van der Waals surface area contributed by atoms with Crippen molar-refractivity contribution >= 4 is 29.4 Å². The van der Waals surface area contributed by atoms with Gasteiger partial charge in [0, 0.05) is 18.0 Å². The molecule has 0 aliphatic carbocycles. The highest BCUT2D eigenvalue weighted by Crippen LogP contribution is 2.33. The Morgan fingerprint density at radius 3 is 2.55 bits per heavy atom. The number of ether oxygens (including phenoxy) is 1. The van der Waals surface area contributed by atoms with Crippen molar-refractivity contribution in [1.29, 1.82) is 0 Å². The van der Waals surface area contributed by atoms with Gasteiger partial charge in [0.05, 0.1) is 11.8 Å². The number of halogens is 3. The number of urea groups is 1. The maximum Gasteiger partial charge on any atom is 0.416 e. The highest BCUT2D eigenvalue weighted by molar-refractivity contribution is 6.26. The van der Waals surface area contributed by atoms with E-state index in [2.05, 4.69) is 15.0 Å². The summed E-state index contributed by atoms with van der Waals surface area (Å²) in [5.74, 6) is -0.182. The van der Waals surface area contributed by atoms with Crippen LogP contribution in [0.5, 0.6) is 11.6 Å². The molecule has 3 amide bonds. The van der Waals surface area contributed by atoms with E-state index in [0.29, 0.717) is 0 Å². The first kappa shape index (κ1) is 20.1. The Balaban J connectivity index is 1.54. The molecule has 9 nitrogen and oxygen atoms in total. The number of nitrogen functional groups attached to an aromatic ring is 1. The lowest BCUT2D eigenvalue weighted by Gasteiger charge is -2.18. The number of aromatic nitrogens is 3. The average molecular weight is 430 g/mol. The van der Waals surface area contributed by atoms with Crippen molar-refractivity contribution in [3.8, 4) is 11.6 Å². The van der Waals surface area contributed by atoms with Gasteiger partial charge in [-0.25, -0.2) is 19.7 Å². The zero-order valence-corrected chi connectivity index (χ0v) is 15.6. The molecule has 1 aromatic carbocycles. The number of nitrogens with two attached hydrogens (primary N) is 1. The van der Waals surface area contributed by atoms with Gasteiger partial charge in [0.2, 0.25) is 11.8 Å². The van der Waals surface area contributed by atoms with E-state index in [4.69, 9.17) is 10.5 Å². The molecule has 0 spiro atoms. The normalized spacial score (nSPS) is 14.3. The van der Waals surface area contributed by atoms with Crippen molar-refractivity contribution < 1.29 is 27.5 Å². The van der Waals surface area contributed by atoms with Gasteiger partial charge in [-0.05, 0) is 30.3 Å². The van der Waals surface area contributed by atoms with Crippen LogP contribution >= 0.6 is 0 Å². The Hall–Kier alpha value is -4.22. The number of alkyl halides is 3. The summed E-state index contributed by atoms with van der Waals surface area (Å²) < 4.78 is 44.4. The largest absolute Gasteiger partial charge is 0.437 e. The fourth-order valence-electron chi connectivity index (χ4n) is 2.88. The quantitative estimate of drug-likeness (QED) is 0.632. The monoisotopic (exact) mass is 430 g/mol. The lowest BCUT2D eigenvalue weighted by molar-refractivity contribution is -0.137. The summed E-state index contributed by atoms with van der Waals surface area (Å²) in [6, 6.07) is 7.67. The van der Waals surface area contributed by atoms with E-state index < -0.39 is 30.2 Å². The smallest absolute Gasteiger partial charge is 0.416 e. The van der Waals surface area contributed by atoms with Gasteiger partial charge in [0.1, 0.15) is 18.1 Å². The van der Waals surface area contributed by atoms with Crippen molar-refractivity contribution in [3.05, 3.63) is 60.4 Å². The Morgan fingerprint density at radius 1 is 1.06 bits per heavy atom. The van der Waals surface area contributed by atoms with E-state index >= 15 is 0 Å². The molecule has 2 aromatic heterocycles. The number of rotatable bonds is 4. The first-order valence-electron chi connectivity index (χ1n) is 8.76. The van der Waals surface area contributed by atoms with E-state index in [9.17, 15) is 22.8 Å². The molecular weight excluding hydrogens is 417 g/mol. The van der Waals surface area contributed by atoms with E-state index in [1.54, 1.807) is 0 Å². The summed E-state index contributed by atoms with van der Waals surface area (Å²) in [7, 11) is 0. The van der Waals surface area contributed by atoms with Crippen LogP contribution in [-0.2, 0) is 11.0 Å². The second kappa shape index (κ2) is 7.55. The molecule has 0 unspecified atom stereocenters. The number of anilines is 3. The van der Waals surface area contributed by atoms with Gasteiger partial charge < -0.3 is 10.5 Å². The topological polar surface area (TPSA) is 115 Å². The third kappa shape index (κ3) is 4.08. The van der Waals surface area contributed by atoms with Gasteiger partial charge in [-0.15, -0.1) is 0 Å². The van der Waals surface area contributed by atoms with Gasteiger partial charge in [0.15, 0.2) is 0 Å². The second-order valence-electron chi connectivity index (χ2n) is 6.35. The van der Waals surface area contributed by atoms with Gasteiger partial charge >= 0.3 is 12.2 Å². The third-order valence-corrected chi connectivity index (χ3v) is 4.27. The van der Waals surface area contributed by atoms with E-state index in [0.717, 1.165) is 21.9 Å². The predicted molar refractivity (Wildman–Crippen MR) is 102 cm³/mol. The number of hydrogen-bond acceptors (Lipinski definition) is 7. The molecule has 1 aliphatic rings. The zero-order valence-electron chi connectivity index (χ0n) is 15.6. The van der Waals surface area contributed by atoms with Crippen LogP contribution in [0, 0.1) is 0 Å². The molecule has 12 heteroatoms. The van der Waals surface area contributed by atoms with Crippen LogP contribution in [0.4, 0.5) is 35.4 Å². The maximum atomic E-state index is 13.0. The SMILES string of the molecule is Nc1nccc(Oc2ccc(N3C(=O)CN(c4cccc(C(F)(F)F)c4)C3=O)nc2)n1. The minimum absolute atomic E-state index is 0.000901. The van der Waals surface area contributed by atoms with Crippen molar-refractivity contribution in [1.82, 2.24) is 15.0 Å². The third-order valence-electron chi connectivity index (χ3n) is 4.27. The van der Waals surface area contributed by atoms with Crippen molar-refractivity contribution in [2.45, 2.75) is 6.18 Å². The molecule has 0 saturated carbocycles. The number of amides is 3. The van der Waals surface area contributed by atoms with Crippen LogP contribution in [0.25, 0.3) is 0 Å². The molecule has 4 rings (SSSR count). The highest BCUT2D eigenvalue weighted by atomic mass is 19.4. The summed E-state index contributed by atoms with van der Waals surface area (Å²) in [6.07, 6.45) is -1.90. The minimum atomic E-state index is -4.58. The second-order valence-corrected chi connectivity index (χ2v) is 6.35. The molecule has 3 aromatic rings. The van der Waals surface area contributed by atoms with Crippen LogP contribution in [0.1, 0.15) is 5.56 Å². The Kier molecular flexibility index (Phi) is 4.89. The lowest BCUT2D eigenvalue weighted by atomic mass is 10.2. The fraction of sp³-hybridized carbons (Fsp3) is 0.105. The Bertz CT molecular complexity index is 1150. The summed E-state index contributed by atoms with van der Waals surface area (Å²) in [6.45, 7) is -0.416. The Morgan fingerprint density at radius 2 is 1.87 bits per heavy atom. The summed E-state index contributed by atoms with van der Waals surface area (Å²) >= 11 is 0. The lowest BCUT2D eigenvalue weighted by Crippen LogP contribution is -2.33. The van der Waals surface area contributed by atoms with Crippen LogP contribution in [0.15, 0.2) is 54.9 Å². The Labute approximate surface area is 172 Å². The molecular formula is C19H13F3N6O3. The molecule has 158 valence electrons. The summed E-state index contributed by atoms with van der Waals surface area (Å²) in [5, 5.41) is 0. The highest BCUT2D eigenvalue weighted by Gasteiger charge is 2.40. The average Bonchev–Trinajstić information content (AvgIpc) is 3.02. The van der Waals surface area contributed by atoms with Crippen LogP contribution in [-0.4, -0.2) is 33.4 Å². The molecule has 3 heterocycles. The standard InChI is InChI=1S/C19H13F3N6O3/c20-19(21,22)11-2-1-3-12(8-11)27-10-16(29)28(18(27)30)14-5-4-13(9-25-14)31-15-6-7-24-17(23)26-15/h1-9H,10H2,(H2,23,24,26). The minimum Gasteiger partial charge on any atom is -0.437 e. The summed E-state index contributed by atoms with van der Waals surface area (Å²) in [5.41, 5.74) is 4.51. The summed E-state index contributed by atoms with van der Waals surface area (Å²) in [4.78, 5) is 38.5. The number of nitrogens with zero attached hydrogens (tertiary/aromatic N) is 5. The molecule has 2 N–H and O–H groups in total.